The molecule has 0 amide bonds. The molecule has 0 unspecified atom stereocenters. The Bertz CT molecular complexity index is 3560. The average molecular weight is 932 g/mol. The zero-order chi connectivity index (χ0) is 49.3. The van der Waals surface area contributed by atoms with Gasteiger partial charge in [-0.3, -0.25) is 0 Å². The van der Waals surface area contributed by atoms with Crippen LogP contribution in [-0.2, 0) is 21.7 Å². The molecule has 0 aromatic heterocycles. The highest BCUT2D eigenvalue weighted by Crippen LogP contribution is 2.56. The molecule has 0 bridgehead atoms. The molecule has 2 heterocycles. The lowest BCUT2D eigenvalue weighted by Gasteiger charge is -2.45. The number of anilines is 9. The number of rotatable bonds is 7. The third kappa shape index (κ3) is 6.93. The summed E-state index contributed by atoms with van der Waals surface area (Å²) >= 11 is 0. The third-order valence-corrected chi connectivity index (χ3v) is 16.7. The zero-order valence-corrected chi connectivity index (χ0v) is 43.0. The summed E-state index contributed by atoms with van der Waals surface area (Å²) < 4.78 is 0. The fraction of sp³-hybridized carbons (Fsp3) is 0.206. The molecule has 0 spiro atoms. The minimum atomic E-state index is -0.0415. The van der Waals surface area contributed by atoms with Gasteiger partial charge in [-0.15, -0.1) is 0 Å². The molecular formula is C68H62BN3. The minimum Gasteiger partial charge on any atom is -0.311 e. The van der Waals surface area contributed by atoms with Gasteiger partial charge in [-0.25, -0.2) is 0 Å². The van der Waals surface area contributed by atoms with Gasteiger partial charge in [0.25, 0.3) is 6.71 Å². The summed E-state index contributed by atoms with van der Waals surface area (Å²) in [5, 5.41) is 0. The maximum absolute atomic E-state index is 2.67. The van der Waals surface area contributed by atoms with Gasteiger partial charge in [0.1, 0.15) is 0 Å². The predicted molar refractivity (Wildman–Crippen MR) is 307 cm³/mol. The molecule has 0 saturated carbocycles. The standard InChI is InChI=1S/C68H62BN3/c1-65(2)43-66(3,4)55-38-52(33-34-54(55)65)72-61-42-57-56(67(5,6)44-68(57,7)8)41-59(61)69-58-35-32-48(46-24-15-10-16-25-46)37-60(58)71(51-31-21-26-47(36-51)45-22-13-9-14-23-45)62-39-53(40-63(72)64(62)69)70(49-27-17-11-18-28-49)50-29-19-12-20-30-50/h9-42H,43-44H2,1-8H3. The predicted octanol–water partition coefficient (Wildman–Crippen LogP) is 16.5. The maximum Gasteiger partial charge on any atom is 0.252 e. The van der Waals surface area contributed by atoms with Crippen molar-refractivity contribution in [2.75, 3.05) is 14.7 Å². The van der Waals surface area contributed by atoms with E-state index in [2.05, 4.69) is 276 Å². The van der Waals surface area contributed by atoms with Crippen LogP contribution < -0.4 is 31.1 Å². The fourth-order valence-electron chi connectivity index (χ4n) is 14.1. The molecule has 9 aromatic rings. The van der Waals surface area contributed by atoms with Crippen LogP contribution in [-0.4, -0.2) is 6.71 Å². The Hall–Kier alpha value is -7.56. The summed E-state index contributed by atoms with van der Waals surface area (Å²) in [5.74, 6) is 0. The van der Waals surface area contributed by atoms with Crippen LogP contribution >= 0.6 is 0 Å². The van der Waals surface area contributed by atoms with Crippen LogP contribution in [0, 0.1) is 0 Å². The molecule has 13 rings (SSSR count). The van der Waals surface area contributed by atoms with Crippen LogP contribution in [0.15, 0.2) is 206 Å². The zero-order valence-electron chi connectivity index (χ0n) is 43.0. The highest BCUT2D eigenvalue weighted by Gasteiger charge is 2.49. The fourth-order valence-corrected chi connectivity index (χ4v) is 14.1. The van der Waals surface area contributed by atoms with Crippen molar-refractivity contribution in [3.05, 3.63) is 229 Å². The second-order valence-electron chi connectivity index (χ2n) is 23.6. The van der Waals surface area contributed by atoms with Crippen molar-refractivity contribution >= 4 is 74.3 Å². The van der Waals surface area contributed by atoms with Gasteiger partial charge < -0.3 is 14.7 Å². The maximum atomic E-state index is 2.67. The smallest absolute Gasteiger partial charge is 0.252 e. The number of benzene rings is 9. The van der Waals surface area contributed by atoms with Gasteiger partial charge in [0.2, 0.25) is 0 Å². The molecule has 0 fully saturated rings. The van der Waals surface area contributed by atoms with E-state index < -0.39 is 0 Å². The van der Waals surface area contributed by atoms with Crippen LogP contribution in [0.5, 0.6) is 0 Å². The molecule has 4 aliphatic rings. The highest BCUT2D eigenvalue weighted by atomic mass is 15.2. The third-order valence-electron chi connectivity index (χ3n) is 16.7. The van der Waals surface area contributed by atoms with E-state index in [1.54, 1.807) is 0 Å². The molecule has 4 heteroatoms. The Labute approximate surface area is 427 Å². The van der Waals surface area contributed by atoms with E-state index in [0.717, 1.165) is 35.6 Å². The number of fused-ring (bicyclic) bond motifs is 6. The molecule has 3 nitrogen and oxygen atoms in total. The lowest BCUT2D eigenvalue weighted by Crippen LogP contribution is -2.61. The summed E-state index contributed by atoms with van der Waals surface area (Å²) in [6.45, 7) is 19.6. The van der Waals surface area contributed by atoms with E-state index in [1.807, 2.05) is 0 Å². The van der Waals surface area contributed by atoms with Crippen LogP contribution in [0.3, 0.4) is 0 Å². The van der Waals surface area contributed by atoms with Crippen molar-refractivity contribution in [3.63, 3.8) is 0 Å². The van der Waals surface area contributed by atoms with Crippen LogP contribution in [0.2, 0.25) is 0 Å². The Morgan fingerprint density at radius 2 is 0.792 bits per heavy atom. The van der Waals surface area contributed by atoms with Gasteiger partial charge >= 0.3 is 0 Å². The first-order valence-corrected chi connectivity index (χ1v) is 26.0. The first-order chi connectivity index (χ1) is 34.7. The lowest BCUT2D eigenvalue weighted by atomic mass is 9.33. The Morgan fingerprint density at radius 1 is 0.333 bits per heavy atom. The molecule has 352 valence electrons. The van der Waals surface area contributed by atoms with Gasteiger partial charge in [0.05, 0.1) is 5.69 Å². The van der Waals surface area contributed by atoms with Crippen LogP contribution in [0.4, 0.5) is 51.2 Å². The monoisotopic (exact) mass is 932 g/mol. The first kappa shape index (κ1) is 44.4. The molecule has 0 radical (unpaired) electrons. The number of hydrogen-bond donors (Lipinski definition) is 0. The summed E-state index contributed by atoms with van der Waals surface area (Å²) in [6.07, 6.45) is 2.21. The van der Waals surface area contributed by atoms with E-state index in [-0.39, 0.29) is 28.4 Å². The van der Waals surface area contributed by atoms with Crippen molar-refractivity contribution in [3.8, 4) is 22.3 Å². The van der Waals surface area contributed by atoms with Crippen molar-refractivity contribution in [2.45, 2.75) is 89.9 Å². The molecule has 0 N–H and O–H groups in total. The van der Waals surface area contributed by atoms with E-state index >= 15 is 0 Å². The quantitative estimate of drug-likeness (QED) is 0.147. The largest absolute Gasteiger partial charge is 0.311 e. The lowest BCUT2D eigenvalue weighted by molar-refractivity contribution is 0.403. The molecule has 2 aliphatic carbocycles. The highest BCUT2D eigenvalue weighted by molar-refractivity contribution is 7.00. The SMILES string of the molecule is CC1(C)CC(C)(C)c2cc(N3c4cc5c(cc4B4c6ccc(-c7ccccc7)cc6N(c6cccc(-c7ccccc7)c6)c6cc(N(c7ccccc7)c7ccccc7)cc3c64)C(C)(C)CC5(C)C)ccc21. The second-order valence-corrected chi connectivity index (χ2v) is 23.6. The van der Waals surface area contributed by atoms with E-state index in [4.69, 9.17) is 0 Å². The van der Waals surface area contributed by atoms with Crippen molar-refractivity contribution in [1.29, 1.82) is 0 Å². The summed E-state index contributed by atoms with van der Waals surface area (Å²) in [6, 6.07) is 77.8. The van der Waals surface area contributed by atoms with E-state index in [1.165, 1.54) is 89.3 Å². The van der Waals surface area contributed by atoms with Crippen molar-refractivity contribution < 1.29 is 0 Å². The summed E-state index contributed by atoms with van der Waals surface area (Å²) in [5.41, 5.74) is 25.3. The second kappa shape index (κ2) is 16.0. The number of hydrogen-bond acceptors (Lipinski definition) is 3. The van der Waals surface area contributed by atoms with Crippen molar-refractivity contribution in [1.82, 2.24) is 0 Å². The number of para-hydroxylation sites is 2. The first-order valence-electron chi connectivity index (χ1n) is 26.0. The van der Waals surface area contributed by atoms with Gasteiger partial charge in [-0.05, 0) is 168 Å². The van der Waals surface area contributed by atoms with E-state index in [0.29, 0.717) is 0 Å². The molecule has 0 atom stereocenters. The average Bonchev–Trinajstić information content (AvgIpc) is 3.69. The van der Waals surface area contributed by atoms with Crippen LogP contribution in [0.25, 0.3) is 22.3 Å². The molecular weight excluding hydrogens is 870 g/mol. The molecule has 0 saturated heterocycles. The molecule has 2 aliphatic heterocycles. The Morgan fingerprint density at radius 3 is 1.36 bits per heavy atom. The number of nitrogens with zero attached hydrogens (tertiary/aromatic N) is 3. The Balaban J connectivity index is 1.18. The van der Waals surface area contributed by atoms with Crippen LogP contribution in [0.1, 0.15) is 90.5 Å². The Kier molecular flexibility index (Phi) is 9.85. The minimum absolute atomic E-state index is 0.00378. The van der Waals surface area contributed by atoms with E-state index in [9.17, 15) is 0 Å². The van der Waals surface area contributed by atoms with Crippen molar-refractivity contribution in [2.24, 2.45) is 0 Å². The summed E-state index contributed by atoms with van der Waals surface area (Å²) in [7, 11) is 0. The molecule has 9 aromatic carbocycles. The molecule has 72 heavy (non-hydrogen) atoms. The van der Waals surface area contributed by atoms with Gasteiger partial charge in [-0.2, -0.15) is 0 Å². The topological polar surface area (TPSA) is 9.72 Å². The van der Waals surface area contributed by atoms with Gasteiger partial charge in [0.15, 0.2) is 0 Å². The van der Waals surface area contributed by atoms with Gasteiger partial charge in [-0.1, -0.05) is 189 Å². The summed E-state index contributed by atoms with van der Waals surface area (Å²) in [4.78, 5) is 7.73. The van der Waals surface area contributed by atoms with Gasteiger partial charge in [0, 0.05) is 45.5 Å². The normalized spacial score (nSPS) is 16.9.